The first kappa shape index (κ1) is 16.6. The van der Waals surface area contributed by atoms with Crippen molar-refractivity contribution in [2.45, 2.75) is 19.3 Å². The number of carbonyl (C=O) groups is 1. The van der Waals surface area contributed by atoms with Gasteiger partial charge in [0.25, 0.3) is 11.6 Å². The van der Waals surface area contributed by atoms with Gasteiger partial charge in [-0.15, -0.1) is 0 Å². The van der Waals surface area contributed by atoms with Crippen molar-refractivity contribution in [2.75, 3.05) is 0 Å². The van der Waals surface area contributed by atoms with E-state index in [1.54, 1.807) is 0 Å². The van der Waals surface area contributed by atoms with Crippen LogP contribution in [-0.2, 0) is 0 Å². The SMILES string of the molecule is C[C@H]1C/C(=N\NC(=O)c2ccc([N+](=O)[O-])cc2)c2c(O)ccc(F)c21. The van der Waals surface area contributed by atoms with E-state index in [1.165, 1.54) is 36.4 Å². The number of nitrogens with zero attached hydrogens (tertiary/aromatic N) is 2. The summed E-state index contributed by atoms with van der Waals surface area (Å²) in [5.41, 5.74) is 3.48. The van der Waals surface area contributed by atoms with Gasteiger partial charge in [-0.1, -0.05) is 6.92 Å². The zero-order valence-corrected chi connectivity index (χ0v) is 13.2. The van der Waals surface area contributed by atoms with Crippen molar-refractivity contribution in [3.8, 4) is 5.75 Å². The fraction of sp³-hybridized carbons (Fsp3) is 0.176. The molecule has 0 saturated heterocycles. The summed E-state index contributed by atoms with van der Waals surface area (Å²) in [6, 6.07) is 7.52. The van der Waals surface area contributed by atoms with Gasteiger partial charge in [0.15, 0.2) is 0 Å². The molecule has 2 N–H and O–H groups in total. The highest BCUT2D eigenvalue weighted by molar-refractivity contribution is 6.08. The molecule has 3 rings (SSSR count). The van der Waals surface area contributed by atoms with Crippen molar-refractivity contribution < 1.29 is 19.2 Å². The fourth-order valence-corrected chi connectivity index (χ4v) is 2.88. The molecule has 2 aromatic carbocycles. The maximum atomic E-state index is 14.0. The molecule has 1 aliphatic carbocycles. The topological polar surface area (TPSA) is 105 Å². The molecule has 25 heavy (non-hydrogen) atoms. The number of nitrogens with one attached hydrogen (secondary N) is 1. The predicted molar refractivity (Wildman–Crippen MR) is 88.2 cm³/mol. The van der Waals surface area contributed by atoms with Crippen molar-refractivity contribution in [3.05, 3.63) is 69.0 Å². The smallest absolute Gasteiger partial charge is 0.271 e. The van der Waals surface area contributed by atoms with Crippen LogP contribution in [0.15, 0.2) is 41.5 Å². The Labute approximate surface area is 141 Å². The maximum Gasteiger partial charge on any atom is 0.271 e. The zero-order valence-electron chi connectivity index (χ0n) is 13.2. The number of nitro benzene ring substituents is 1. The van der Waals surface area contributed by atoms with E-state index in [1.807, 2.05) is 6.92 Å². The first-order valence-electron chi connectivity index (χ1n) is 7.51. The number of hydrogen-bond donors (Lipinski definition) is 2. The molecule has 7 nitrogen and oxygen atoms in total. The van der Waals surface area contributed by atoms with Crippen LogP contribution < -0.4 is 5.43 Å². The average Bonchev–Trinajstić information content (AvgIpc) is 2.94. The van der Waals surface area contributed by atoms with E-state index < -0.39 is 16.6 Å². The molecule has 8 heteroatoms. The molecule has 0 bridgehead atoms. The van der Waals surface area contributed by atoms with E-state index in [4.69, 9.17) is 0 Å². The first-order valence-corrected chi connectivity index (χ1v) is 7.51. The minimum Gasteiger partial charge on any atom is -0.507 e. The second-order valence-electron chi connectivity index (χ2n) is 5.76. The molecule has 0 heterocycles. The van der Waals surface area contributed by atoms with E-state index in [0.29, 0.717) is 23.3 Å². The highest BCUT2D eigenvalue weighted by Gasteiger charge is 2.30. The van der Waals surface area contributed by atoms with Crippen LogP contribution >= 0.6 is 0 Å². The number of halogens is 1. The van der Waals surface area contributed by atoms with Gasteiger partial charge in [0.05, 0.1) is 10.6 Å². The standard InChI is InChI=1S/C17H14FN3O4/c1-9-8-13(16-14(22)7-6-12(18)15(9)16)19-20-17(23)10-2-4-11(5-3-10)21(24)25/h2-7,9,22H,8H2,1H3,(H,20,23)/b19-13+/t9-/m0/s1. The number of phenolic OH excluding ortho intramolecular Hbond substituents is 1. The predicted octanol–water partition coefficient (Wildman–Crippen LogP) is 3.08. The number of aromatic hydroxyl groups is 1. The van der Waals surface area contributed by atoms with Crippen LogP contribution in [-0.4, -0.2) is 21.6 Å². The van der Waals surface area contributed by atoms with Gasteiger partial charge in [-0.2, -0.15) is 5.10 Å². The summed E-state index contributed by atoms with van der Waals surface area (Å²) in [5, 5.41) is 24.6. The van der Waals surface area contributed by atoms with E-state index in [2.05, 4.69) is 10.5 Å². The number of fused-ring (bicyclic) bond motifs is 1. The summed E-state index contributed by atoms with van der Waals surface area (Å²) in [4.78, 5) is 22.2. The van der Waals surface area contributed by atoms with Crippen molar-refractivity contribution in [2.24, 2.45) is 5.10 Å². The Balaban J connectivity index is 1.83. The molecular weight excluding hydrogens is 329 g/mol. The lowest BCUT2D eigenvalue weighted by atomic mass is 10.0. The summed E-state index contributed by atoms with van der Waals surface area (Å²) >= 11 is 0. The van der Waals surface area contributed by atoms with E-state index in [0.717, 1.165) is 0 Å². The van der Waals surface area contributed by atoms with Crippen LogP contribution in [0.4, 0.5) is 10.1 Å². The zero-order chi connectivity index (χ0) is 18.1. The quantitative estimate of drug-likeness (QED) is 0.660. The van der Waals surface area contributed by atoms with E-state index in [9.17, 15) is 24.4 Å². The van der Waals surface area contributed by atoms with Crippen LogP contribution in [0.3, 0.4) is 0 Å². The van der Waals surface area contributed by atoms with E-state index in [-0.39, 0.29) is 22.9 Å². The van der Waals surface area contributed by atoms with Crippen molar-refractivity contribution >= 4 is 17.3 Å². The summed E-state index contributed by atoms with van der Waals surface area (Å²) < 4.78 is 14.0. The second-order valence-corrected chi connectivity index (χ2v) is 5.76. The Morgan fingerprint density at radius 2 is 2.00 bits per heavy atom. The number of phenols is 1. The fourth-order valence-electron chi connectivity index (χ4n) is 2.88. The van der Waals surface area contributed by atoms with Crippen molar-refractivity contribution in [1.29, 1.82) is 0 Å². The molecule has 0 fully saturated rings. The van der Waals surface area contributed by atoms with Crippen LogP contribution in [0.1, 0.15) is 40.7 Å². The largest absolute Gasteiger partial charge is 0.507 e. The first-order chi connectivity index (χ1) is 11.9. The third kappa shape index (κ3) is 3.06. The number of hydrazone groups is 1. The summed E-state index contributed by atoms with van der Waals surface area (Å²) in [6.07, 6.45) is 0.379. The van der Waals surface area contributed by atoms with E-state index >= 15 is 0 Å². The van der Waals surface area contributed by atoms with Crippen LogP contribution in [0.2, 0.25) is 0 Å². The molecule has 0 saturated carbocycles. The van der Waals surface area contributed by atoms with Crippen LogP contribution in [0.5, 0.6) is 5.75 Å². The Kier molecular flexibility index (Phi) is 4.18. The second kappa shape index (κ2) is 6.31. The molecule has 0 aromatic heterocycles. The maximum absolute atomic E-state index is 14.0. The number of hydrogen-bond acceptors (Lipinski definition) is 5. The van der Waals surface area contributed by atoms with Gasteiger partial charge in [-0.3, -0.25) is 14.9 Å². The number of amides is 1. The van der Waals surface area contributed by atoms with Gasteiger partial charge in [-0.05, 0) is 36.6 Å². The molecule has 1 amide bonds. The Morgan fingerprint density at radius 3 is 2.64 bits per heavy atom. The highest BCUT2D eigenvalue weighted by atomic mass is 19.1. The molecule has 0 radical (unpaired) electrons. The lowest BCUT2D eigenvalue weighted by Gasteiger charge is -2.06. The third-order valence-electron chi connectivity index (χ3n) is 4.08. The lowest BCUT2D eigenvalue weighted by molar-refractivity contribution is -0.384. The Hall–Kier alpha value is -3.29. The number of nitro groups is 1. The Morgan fingerprint density at radius 1 is 1.32 bits per heavy atom. The van der Waals surface area contributed by atoms with Crippen LogP contribution in [0, 0.1) is 15.9 Å². The summed E-state index contributed by atoms with van der Waals surface area (Å²) in [5.74, 6) is -1.24. The molecule has 2 aromatic rings. The van der Waals surface area contributed by atoms with Gasteiger partial charge in [0.1, 0.15) is 11.6 Å². The molecule has 0 unspecified atom stereocenters. The number of carbonyl (C=O) groups excluding carboxylic acids is 1. The summed E-state index contributed by atoms with van der Waals surface area (Å²) in [7, 11) is 0. The molecule has 1 atom stereocenters. The molecule has 0 spiro atoms. The number of rotatable bonds is 3. The molecule has 1 aliphatic rings. The van der Waals surface area contributed by atoms with Gasteiger partial charge in [-0.25, -0.2) is 9.82 Å². The number of benzene rings is 2. The minimum absolute atomic E-state index is 0.0934. The molecular formula is C17H14FN3O4. The molecule has 0 aliphatic heterocycles. The highest BCUT2D eigenvalue weighted by Crippen LogP contribution is 2.39. The van der Waals surface area contributed by atoms with Gasteiger partial charge in [0, 0.05) is 28.8 Å². The van der Waals surface area contributed by atoms with Crippen LogP contribution in [0.25, 0.3) is 0 Å². The van der Waals surface area contributed by atoms with Gasteiger partial charge >= 0.3 is 0 Å². The average molecular weight is 343 g/mol. The van der Waals surface area contributed by atoms with Crippen molar-refractivity contribution in [1.82, 2.24) is 5.43 Å². The molecule has 128 valence electrons. The minimum atomic E-state index is -0.559. The monoisotopic (exact) mass is 343 g/mol. The number of non-ortho nitro benzene ring substituents is 1. The Bertz CT molecular complexity index is 894. The third-order valence-corrected chi connectivity index (χ3v) is 4.08. The van der Waals surface area contributed by atoms with Crippen molar-refractivity contribution in [3.63, 3.8) is 0 Å². The van der Waals surface area contributed by atoms with Gasteiger partial charge in [0.2, 0.25) is 0 Å². The summed E-state index contributed by atoms with van der Waals surface area (Å²) in [6.45, 7) is 1.81. The lowest BCUT2D eigenvalue weighted by Crippen LogP contribution is -2.19. The normalized spacial score (nSPS) is 17.4. The van der Waals surface area contributed by atoms with Gasteiger partial charge < -0.3 is 5.11 Å².